The van der Waals surface area contributed by atoms with Crippen molar-refractivity contribution >= 4 is 17.6 Å². The molecular formula is C13H15N5S. The quantitative estimate of drug-likeness (QED) is 0.508. The Morgan fingerprint density at radius 1 is 1.21 bits per heavy atom. The average Bonchev–Trinajstić information content (AvgIpc) is 2.26. The second-order valence-corrected chi connectivity index (χ2v) is 5.21. The Labute approximate surface area is 116 Å². The molecule has 19 heavy (non-hydrogen) atoms. The van der Waals surface area contributed by atoms with Crippen molar-refractivity contribution in [2.24, 2.45) is 5.73 Å². The van der Waals surface area contributed by atoms with E-state index >= 15 is 0 Å². The smallest absolute Gasteiger partial charge is 0.194 e. The molecule has 0 aliphatic carbocycles. The van der Waals surface area contributed by atoms with Crippen LogP contribution < -0.4 is 5.73 Å². The molecule has 0 bridgehead atoms. The number of pyridine rings is 1. The van der Waals surface area contributed by atoms with Gasteiger partial charge in [0.2, 0.25) is 0 Å². The molecule has 2 aromatic heterocycles. The molecule has 0 aliphatic heterocycles. The van der Waals surface area contributed by atoms with Crippen LogP contribution >= 0.6 is 11.8 Å². The van der Waals surface area contributed by atoms with E-state index in [2.05, 4.69) is 15.0 Å². The predicted molar refractivity (Wildman–Crippen MR) is 75.6 cm³/mol. The lowest BCUT2D eigenvalue weighted by molar-refractivity contribution is 0.923. The number of nitrogens with one attached hydrogen (secondary N) is 1. The molecule has 0 saturated carbocycles. The fraction of sp³-hybridized carbons (Fsp3) is 0.231. The third-order valence-corrected chi connectivity index (χ3v) is 3.41. The van der Waals surface area contributed by atoms with Gasteiger partial charge in [-0.25, -0.2) is 15.0 Å². The second-order valence-electron chi connectivity index (χ2n) is 4.26. The minimum atomic E-state index is 0.0140. The molecule has 0 fully saturated rings. The molecule has 98 valence electrons. The zero-order valence-electron chi connectivity index (χ0n) is 11.1. The van der Waals surface area contributed by atoms with Crippen molar-refractivity contribution in [3.8, 4) is 0 Å². The number of hydrogen-bond acceptors (Lipinski definition) is 5. The summed E-state index contributed by atoms with van der Waals surface area (Å²) >= 11 is 1.33. The van der Waals surface area contributed by atoms with Gasteiger partial charge in [-0.15, -0.1) is 0 Å². The van der Waals surface area contributed by atoms with Crippen molar-refractivity contribution in [3.63, 3.8) is 0 Å². The highest BCUT2D eigenvalue weighted by Gasteiger charge is 2.14. The van der Waals surface area contributed by atoms with Gasteiger partial charge in [-0.1, -0.05) is 0 Å². The van der Waals surface area contributed by atoms with E-state index in [9.17, 15) is 0 Å². The number of amidine groups is 1. The van der Waals surface area contributed by atoms with Gasteiger partial charge >= 0.3 is 0 Å². The second kappa shape index (κ2) is 5.36. The molecule has 2 rings (SSSR count). The van der Waals surface area contributed by atoms with Crippen LogP contribution in [-0.4, -0.2) is 20.8 Å². The van der Waals surface area contributed by atoms with E-state index in [1.165, 1.54) is 11.8 Å². The lowest BCUT2D eigenvalue weighted by atomic mass is 10.1. The van der Waals surface area contributed by atoms with Crippen molar-refractivity contribution < 1.29 is 0 Å². The largest absolute Gasteiger partial charge is 0.384 e. The Balaban J connectivity index is 2.47. The Bertz CT molecular complexity index is 639. The Morgan fingerprint density at radius 3 is 2.58 bits per heavy atom. The van der Waals surface area contributed by atoms with Crippen LogP contribution in [0.15, 0.2) is 28.5 Å². The fourth-order valence-corrected chi connectivity index (χ4v) is 2.80. The minimum absolute atomic E-state index is 0.0140. The van der Waals surface area contributed by atoms with Crippen molar-refractivity contribution in [3.05, 3.63) is 40.8 Å². The van der Waals surface area contributed by atoms with Gasteiger partial charge in [0.1, 0.15) is 10.9 Å². The van der Waals surface area contributed by atoms with Gasteiger partial charge in [-0.05, 0) is 50.2 Å². The molecule has 6 heteroatoms. The van der Waals surface area contributed by atoms with Crippen LogP contribution in [0.2, 0.25) is 0 Å². The minimum Gasteiger partial charge on any atom is -0.384 e. The summed E-state index contributed by atoms with van der Waals surface area (Å²) in [5, 5.41) is 8.97. The number of hydrogen-bond donors (Lipinski definition) is 2. The summed E-state index contributed by atoms with van der Waals surface area (Å²) in [5.74, 6) is 0.0140. The van der Waals surface area contributed by atoms with Crippen LogP contribution in [0.1, 0.15) is 22.5 Å². The number of aromatic nitrogens is 3. The van der Waals surface area contributed by atoms with E-state index in [1.54, 1.807) is 6.20 Å². The molecule has 0 saturated heterocycles. The highest BCUT2D eigenvalue weighted by atomic mass is 32.2. The van der Waals surface area contributed by atoms with Gasteiger partial charge in [0.05, 0.1) is 5.56 Å². The molecule has 2 aromatic rings. The highest BCUT2D eigenvalue weighted by molar-refractivity contribution is 7.99. The Hall–Kier alpha value is -1.95. The van der Waals surface area contributed by atoms with E-state index in [1.807, 2.05) is 32.9 Å². The van der Waals surface area contributed by atoms with E-state index in [0.29, 0.717) is 15.7 Å². The standard InChI is InChI=1S/C13H15N5S/c1-7-6-9(3)17-12(10(7)11(14)15)19-13-16-5-4-8(2)18-13/h4-6H,1-3H3,(H3,14,15). The number of nitrogen functional groups attached to an aromatic ring is 1. The van der Waals surface area contributed by atoms with E-state index in [4.69, 9.17) is 11.1 Å². The molecule has 0 unspecified atom stereocenters. The van der Waals surface area contributed by atoms with Crippen molar-refractivity contribution in [2.45, 2.75) is 31.0 Å². The Kier molecular flexibility index (Phi) is 3.80. The van der Waals surface area contributed by atoms with Gasteiger partial charge in [-0.3, -0.25) is 5.41 Å². The van der Waals surface area contributed by atoms with Crippen LogP contribution in [0.5, 0.6) is 0 Å². The maximum atomic E-state index is 7.68. The highest BCUT2D eigenvalue weighted by Crippen LogP contribution is 2.28. The lowest BCUT2D eigenvalue weighted by Crippen LogP contribution is -2.15. The maximum Gasteiger partial charge on any atom is 0.194 e. The Morgan fingerprint density at radius 2 is 1.95 bits per heavy atom. The van der Waals surface area contributed by atoms with Gasteiger partial charge in [0, 0.05) is 17.6 Å². The molecule has 3 N–H and O–H groups in total. The normalized spacial score (nSPS) is 10.5. The molecule has 0 amide bonds. The summed E-state index contributed by atoms with van der Waals surface area (Å²) < 4.78 is 0. The topological polar surface area (TPSA) is 88.5 Å². The van der Waals surface area contributed by atoms with Crippen molar-refractivity contribution in [1.29, 1.82) is 5.41 Å². The first kappa shape index (κ1) is 13.5. The molecule has 2 heterocycles. The summed E-state index contributed by atoms with van der Waals surface area (Å²) in [6.45, 7) is 5.75. The van der Waals surface area contributed by atoms with Crippen molar-refractivity contribution in [2.75, 3.05) is 0 Å². The SMILES string of the molecule is Cc1ccnc(Sc2nc(C)cc(C)c2C(=N)N)n1. The summed E-state index contributed by atoms with van der Waals surface area (Å²) in [6.07, 6.45) is 1.71. The van der Waals surface area contributed by atoms with E-state index in [-0.39, 0.29) is 5.84 Å². The van der Waals surface area contributed by atoms with Crippen LogP contribution in [0, 0.1) is 26.2 Å². The summed E-state index contributed by atoms with van der Waals surface area (Å²) in [7, 11) is 0. The first-order valence-electron chi connectivity index (χ1n) is 5.77. The fourth-order valence-electron chi connectivity index (χ4n) is 1.77. The molecule has 0 aromatic carbocycles. The first-order valence-corrected chi connectivity index (χ1v) is 6.59. The van der Waals surface area contributed by atoms with Crippen LogP contribution in [0.4, 0.5) is 0 Å². The van der Waals surface area contributed by atoms with E-state index in [0.717, 1.165) is 17.0 Å². The van der Waals surface area contributed by atoms with Crippen molar-refractivity contribution in [1.82, 2.24) is 15.0 Å². The molecule has 5 nitrogen and oxygen atoms in total. The van der Waals surface area contributed by atoms with Crippen LogP contribution in [0.25, 0.3) is 0 Å². The zero-order valence-corrected chi connectivity index (χ0v) is 11.9. The number of nitrogens with two attached hydrogens (primary N) is 1. The zero-order chi connectivity index (χ0) is 14.0. The van der Waals surface area contributed by atoms with Crippen LogP contribution in [0.3, 0.4) is 0 Å². The molecular weight excluding hydrogens is 258 g/mol. The molecule has 0 aliphatic rings. The average molecular weight is 273 g/mol. The maximum absolute atomic E-state index is 7.68. The molecule has 0 spiro atoms. The summed E-state index contributed by atoms with van der Waals surface area (Å²) in [6, 6.07) is 3.75. The first-order chi connectivity index (χ1) is 8.97. The van der Waals surface area contributed by atoms with Gasteiger partial charge in [0.25, 0.3) is 0 Å². The van der Waals surface area contributed by atoms with Gasteiger partial charge in [0.15, 0.2) is 5.16 Å². The lowest BCUT2D eigenvalue weighted by Gasteiger charge is -2.10. The van der Waals surface area contributed by atoms with E-state index < -0.39 is 0 Å². The van der Waals surface area contributed by atoms with Crippen LogP contribution in [-0.2, 0) is 0 Å². The third-order valence-electron chi connectivity index (χ3n) is 2.54. The monoisotopic (exact) mass is 273 g/mol. The number of aryl methyl sites for hydroxylation is 3. The molecule has 0 radical (unpaired) electrons. The van der Waals surface area contributed by atoms with Gasteiger partial charge in [-0.2, -0.15) is 0 Å². The van der Waals surface area contributed by atoms with Gasteiger partial charge < -0.3 is 5.73 Å². The summed E-state index contributed by atoms with van der Waals surface area (Å²) in [5.41, 5.74) is 9.01. The molecule has 0 atom stereocenters. The number of rotatable bonds is 3. The third kappa shape index (κ3) is 3.08. The summed E-state index contributed by atoms with van der Waals surface area (Å²) in [4.78, 5) is 13.0. The predicted octanol–water partition coefficient (Wildman–Crippen LogP) is 2.23. The number of nitrogens with zero attached hydrogens (tertiary/aromatic N) is 3.